The predicted octanol–water partition coefficient (Wildman–Crippen LogP) is 2.55. The molecule has 1 N–H and O–H groups in total. The maximum Gasteiger partial charge on any atom is 0.221 e. The first-order valence-corrected chi connectivity index (χ1v) is 7.15. The fraction of sp³-hybridized carbons (Fsp3) is 0.312. The molecule has 4 nitrogen and oxygen atoms in total. The molecule has 2 aromatic rings. The summed E-state index contributed by atoms with van der Waals surface area (Å²) < 4.78 is 33.1. The van der Waals surface area contributed by atoms with Gasteiger partial charge in [-0.25, -0.2) is 8.78 Å². The van der Waals surface area contributed by atoms with Crippen molar-refractivity contribution >= 4 is 5.91 Å². The number of nitrogens with zero attached hydrogens (tertiary/aromatic N) is 1. The molecular formula is C16H16F2N2O2. The first-order chi connectivity index (χ1) is 10.6. The largest absolute Gasteiger partial charge is 0.460 e. The molecule has 2 heterocycles. The highest BCUT2D eigenvalue weighted by Gasteiger charge is 2.17. The monoisotopic (exact) mass is 306 g/mol. The summed E-state index contributed by atoms with van der Waals surface area (Å²) in [7, 11) is 0. The molecule has 1 aromatic carbocycles. The van der Waals surface area contributed by atoms with E-state index in [2.05, 4.69) is 10.2 Å². The van der Waals surface area contributed by atoms with E-state index < -0.39 is 11.6 Å². The van der Waals surface area contributed by atoms with Crippen LogP contribution < -0.4 is 5.32 Å². The summed E-state index contributed by atoms with van der Waals surface area (Å²) in [5, 5.41) is 2.80. The van der Waals surface area contributed by atoms with Crippen LogP contribution in [0, 0.1) is 11.6 Å². The van der Waals surface area contributed by atoms with E-state index in [4.69, 9.17) is 4.42 Å². The first kappa shape index (κ1) is 14.7. The van der Waals surface area contributed by atoms with E-state index in [1.807, 2.05) is 0 Å². The average molecular weight is 306 g/mol. The lowest BCUT2D eigenvalue weighted by atomic mass is 10.1. The van der Waals surface area contributed by atoms with Gasteiger partial charge in [0.15, 0.2) is 0 Å². The summed E-state index contributed by atoms with van der Waals surface area (Å²) in [6.07, 6.45) is 0.440. The summed E-state index contributed by atoms with van der Waals surface area (Å²) in [4.78, 5) is 13.4. The third-order valence-electron chi connectivity index (χ3n) is 3.66. The van der Waals surface area contributed by atoms with Gasteiger partial charge in [-0.05, 0) is 24.3 Å². The highest BCUT2D eigenvalue weighted by atomic mass is 19.1. The summed E-state index contributed by atoms with van der Waals surface area (Å²) >= 11 is 0. The molecule has 0 atom stereocenters. The van der Waals surface area contributed by atoms with Crippen molar-refractivity contribution in [1.82, 2.24) is 10.2 Å². The molecule has 0 unspecified atom stereocenters. The van der Waals surface area contributed by atoms with E-state index in [1.165, 1.54) is 18.2 Å². The van der Waals surface area contributed by atoms with Crippen LogP contribution in [-0.2, 0) is 11.3 Å². The maximum atomic E-state index is 13.7. The molecule has 0 radical (unpaired) electrons. The molecule has 0 bridgehead atoms. The van der Waals surface area contributed by atoms with E-state index in [1.54, 1.807) is 12.1 Å². The Labute approximate surface area is 126 Å². The lowest BCUT2D eigenvalue weighted by Gasteiger charge is -2.17. The van der Waals surface area contributed by atoms with E-state index in [0.29, 0.717) is 31.8 Å². The quantitative estimate of drug-likeness (QED) is 0.948. The Morgan fingerprint density at radius 2 is 1.91 bits per heavy atom. The molecule has 1 fully saturated rings. The molecule has 6 heteroatoms. The number of carbonyl (C=O) groups excluding carboxylic acids is 1. The van der Waals surface area contributed by atoms with Crippen molar-refractivity contribution in [3.05, 3.63) is 47.7 Å². The number of rotatable bonds is 3. The number of carbonyl (C=O) groups is 1. The number of halogens is 2. The highest BCUT2D eigenvalue weighted by Crippen LogP contribution is 2.28. The maximum absolute atomic E-state index is 13.7. The van der Waals surface area contributed by atoms with Gasteiger partial charge in [-0.15, -0.1) is 0 Å². The van der Waals surface area contributed by atoms with Gasteiger partial charge in [0.25, 0.3) is 0 Å². The van der Waals surface area contributed by atoms with Crippen molar-refractivity contribution < 1.29 is 18.0 Å². The number of hydrogen-bond donors (Lipinski definition) is 1. The summed E-state index contributed by atoms with van der Waals surface area (Å²) in [5.41, 5.74) is -0.151. The van der Waals surface area contributed by atoms with Crippen molar-refractivity contribution in [1.29, 1.82) is 0 Å². The minimum absolute atomic E-state index is 0.0380. The zero-order valence-corrected chi connectivity index (χ0v) is 11.9. The molecule has 0 spiro atoms. The van der Waals surface area contributed by atoms with Crippen LogP contribution in [0.3, 0.4) is 0 Å². The van der Waals surface area contributed by atoms with Crippen LogP contribution in [0.25, 0.3) is 11.3 Å². The molecule has 1 aliphatic rings. The molecule has 116 valence electrons. The van der Waals surface area contributed by atoms with Gasteiger partial charge in [-0.3, -0.25) is 9.69 Å². The van der Waals surface area contributed by atoms with Crippen molar-refractivity contribution in [2.45, 2.75) is 13.0 Å². The van der Waals surface area contributed by atoms with Gasteiger partial charge in [0.1, 0.15) is 23.2 Å². The van der Waals surface area contributed by atoms with E-state index in [-0.39, 0.29) is 17.2 Å². The van der Waals surface area contributed by atoms with E-state index >= 15 is 0 Å². The van der Waals surface area contributed by atoms with Crippen LogP contribution in [0.2, 0.25) is 0 Å². The second-order valence-electron chi connectivity index (χ2n) is 5.24. The summed E-state index contributed by atoms with van der Waals surface area (Å²) in [6, 6.07) is 7.00. The standard InChI is InChI=1S/C16H16F2N2O2/c17-12-2-1-3-13(18)16(12)14-5-4-11(22-14)10-20-8-6-15(21)19-7-9-20/h1-5H,6-10H2,(H,19,21). The van der Waals surface area contributed by atoms with Crippen LogP contribution in [-0.4, -0.2) is 30.4 Å². The van der Waals surface area contributed by atoms with Gasteiger partial charge >= 0.3 is 0 Å². The average Bonchev–Trinajstić information content (AvgIpc) is 2.82. The van der Waals surface area contributed by atoms with Crippen LogP contribution in [0.4, 0.5) is 8.78 Å². The number of hydrogen-bond acceptors (Lipinski definition) is 3. The lowest BCUT2D eigenvalue weighted by Crippen LogP contribution is -2.28. The number of benzene rings is 1. The number of amides is 1. The molecule has 0 aliphatic carbocycles. The van der Waals surface area contributed by atoms with Crippen LogP contribution in [0.1, 0.15) is 12.2 Å². The molecule has 22 heavy (non-hydrogen) atoms. The fourth-order valence-electron chi connectivity index (χ4n) is 2.52. The van der Waals surface area contributed by atoms with E-state index in [0.717, 1.165) is 6.54 Å². The Bertz CT molecular complexity index is 664. The predicted molar refractivity (Wildman–Crippen MR) is 77.0 cm³/mol. The molecule has 0 saturated carbocycles. The molecule has 1 aromatic heterocycles. The minimum Gasteiger partial charge on any atom is -0.460 e. The van der Waals surface area contributed by atoms with Gasteiger partial charge in [0.2, 0.25) is 5.91 Å². The molecule has 1 aliphatic heterocycles. The number of furan rings is 1. The molecular weight excluding hydrogens is 290 g/mol. The van der Waals surface area contributed by atoms with Gasteiger partial charge in [-0.1, -0.05) is 6.07 Å². The normalized spacial score (nSPS) is 16.4. The zero-order valence-electron chi connectivity index (χ0n) is 11.9. The zero-order chi connectivity index (χ0) is 15.5. The highest BCUT2D eigenvalue weighted by molar-refractivity contribution is 5.76. The van der Waals surface area contributed by atoms with Crippen molar-refractivity contribution in [2.24, 2.45) is 0 Å². The Morgan fingerprint density at radius 3 is 2.68 bits per heavy atom. The minimum atomic E-state index is -0.648. The number of nitrogens with one attached hydrogen (secondary N) is 1. The van der Waals surface area contributed by atoms with Crippen molar-refractivity contribution in [3.8, 4) is 11.3 Å². The Hall–Kier alpha value is -2.21. The second kappa shape index (κ2) is 6.27. The fourth-order valence-corrected chi connectivity index (χ4v) is 2.52. The van der Waals surface area contributed by atoms with Gasteiger partial charge in [0, 0.05) is 26.1 Å². The van der Waals surface area contributed by atoms with Gasteiger partial charge in [0.05, 0.1) is 12.1 Å². The third-order valence-corrected chi connectivity index (χ3v) is 3.66. The van der Waals surface area contributed by atoms with Gasteiger partial charge in [-0.2, -0.15) is 0 Å². The smallest absolute Gasteiger partial charge is 0.221 e. The van der Waals surface area contributed by atoms with Crippen molar-refractivity contribution in [2.75, 3.05) is 19.6 Å². The topological polar surface area (TPSA) is 45.5 Å². The molecule has 1 amide bonds. The van der Waals surface area contributed by atoms with Gasteiger partial charge < -0.3 is 9.73 Å². The Morgan fingerprint density at radius 1 is 1.14 bits per heavy atom. The van der Waals surface area contributed by atoms with Crippen LogP contribution in [0.15, 0.2) is 34.7 Å². The summed E-state index contributed by atoms with van der Waals surface area (Å²) in [5.74, 6) is -0.464. The SMILES string of the molecule is O=C1CCN(Cc2ccc(-c3c(F)cccc3F)o2)CCN1. The molecule has 1 saturated heterocycles. The summed E-state index contributed by atoms with van der Waals surface area (Å²) in [6.45, 7) is 2.45. The van der Waals surface area contributed by atoms with Crippen molar-refractivity contribution in [3.63, 3.8) is 0 Å². The second-order valence-corrected chi connectivity index (χ2v) is 5.24. The lowest BCUT2D eigenvalue weighted by molar-refractivity contribution is -0.120. The third kappa shape index (κ3) is 3.17. The van der Waals surface area contributed by atoms with E-state index in [9.17, 15) is 13.6 Å². The Balaban J connectivity index is 1.75. The Kier molecular flexibility index (Phi) is 4.20. The van der Waals surface area contributed by atoms with Crippen LogP contribution in [0.5, 0.6) is 0 Å². The molecule has 3 rings (SSSR count). The van der Waals surface area contributed by atoms with Crippen LogP contribution >= 0.6 is 0 Å². The first-order valence-electron chi connectivity index (χ1n) is 7.15.